The number of amides is 1. The molecule has 1 fully saturated rings. The summed E-state index contributed by atoms with van der Waals surface area (Å²) in [5, 5.41) is 3.21. The molecule has 1 saturated carbocycles. The van der Waals surface area contributed by atoms with Crippen molar-refractivity contribution >= 4 is 11.6 Å². The molecular formula is C27H35F3N4O2. The van der Waals surface area contributed by atoms with Crippen LogP contribution in [0.5, 0.6) is 5.75 Å². The second-order valence-electron chi connectivity index (χ2n) is 9.94. The van der Waals surface area contributed by atoms with Gasteiger partial charge in [0.25, 0.3) is 0 Å². The van der Waals surface area contributed by atoms with Gasteiger partial charge in [-0.3, -0.25) is 9.69 Å². The van der Waals surface area contributed by atoms with Gasteiger partial charge in [-0.25, -0.2) is 13.2 Å². The Morgan fingerprint density at radius 3 is 2.67 bits per heavy atom. The lowest BCUT2D eigenvalue weighted by atomic mass is 9.97. The molecule has 9 heteroatoms. The third kappa shape index (κ3) is 6.13. The number of benzene rings is 2. The van der Waals surface area contributed by atoms with E-state index < -0.39 is 35.2 Å². The largest absolute Gasteiger partial charge is 0.491 e. The summed E-state index contributed by atoms with van der Waals surface area (Å²) >= 11 is 0. The lowest BCUT2D eigenvalue weighted by Gasteiger charge is -2.31. The summed E-state index contributed by atoms with van der Waals surface area (Å²) in [7, 11) is 4.72. The molecule has 0 bridgehead atoms. The number of ether oxygens (including phenoxy) is 1. The predicted molar refractivity (Wildman–Crippen MR) is 134 cm³/mol. The minimum absolute atomic E-state index is 0.0376. The Labute approximate surface area is 211 Å². The number of nitrogens with one attached hydrogen (secondary N) is 1. The molecule has 1 atom stereocenters. The molecule has 2 aliphatic rings. The molecule has 2 aromatic carbocycles. The number of anilines is 1. The van der Waals surface area contributed by atoms with Gasteiger partial charge < -0.3 is 19.9 Å². The van der Waals surface area contributed by atoms with Gasteiger partial charge in [0.2, 0.25) is 12.2 Å². The van der Waals surface area contributed by atoms with Crippen molar-refractivity contribution < 1.29 is 22.7 Å². The third-order valence-corrected chi connectivity index (χ3v) is 6.92. The number of carbonyl (C=O) groups is 1. The molecule has 0 spiro atoms. The van der Waals surface area contributed by atoms with Gasteiger partial charge >= 0.3 is 0 Å². The van der Waals surface area contributed by atoms with Crippen LogP contribution >= 0.6 is 0 Å². The molecule has 1 aliphatic carbocycles. The number of methoxy groups -OCH3 is 1. The Morgan fingerprint density at radius 1 is 1.19 bits per heavy atom. The van der Waals surface area contributed by atoms with Crippen LogP contribution in [0.1, 0.15) is 35.8 Å². The highest BCUT2D eigenvalue weighted by molar-refractivity contribution is 5.81. The zero-order chi connectivity index (χ0) is 25.8. The summed E-state index contributed by atoms with van der Waals surface area (Å²) in [5.74, 6) is -2.46. The van der Waals surface area contributed by atoms with Crippen LogP contribution in [0.2, 0.25) is 0 Å². The zero-order valence-electron chi connectivity index (χ0n) is 21.2. The number of hydrogen-bond acceptors (Lipinski definition) is 5. The molecular weight excluding hydrogens is 469 g/mol. The quantitative estimate of drug-likeness (QED) is 0.465. The minimum Gasteiger partial charge on any atom is -0.491 e. The monoisotopic (exact) mass is 504 g/mol. The number of fused-ring (bicyclic) bond motifs is 1. The molecule has 1 amide bonds. The normalized spacial score (nSPS) is 16.5. The van der Waals surface area contributed by atoms with E-state index in [4.69, 9.17) is 4.74 Å². The van der Waals surface area contributed by atoms with Crippen molar-refractivity contribution in [3.05, 3.63) is 58.7 Å². The number of likely N-dealkylation sites (N-methyl/N-ethyl adjacent to an activating group) is 1. The van der Waals surface area contributed by atoms with Crippen LogP contribution in [0.25, 0.3) is 0 Å². The van der Waals surface area contributed by atoms with E-state index in [1.165, 1.54) is 24.0 Å². The summed E-state index contributed by atoms with van der Waals surface area (Å²) in [6.45, 7) is 3.22. The van der Waals surface area contributed by atoms with Crippen LogP contribution in [-0.2, 0) is 17.8 Å². The SMILES string of the molecule is COc1c(F)ccc(C(F)N(CCN(C)C)C(=O)CNc2cccc3c2CN(CC2CC2)CC3)c1F. The lowest BCUT2D eigenvalue weighted by Crippen LogP contribution is -2.41. The first-order valence-corrected chi connectivity index (χ1v) is 12.5. The summed E-state index contributed by atoms with van der Waals surface area (Å²) in [4.78, 5) is 18.5. The highest BCUT2D eigenvalue weighted by Gasteiger charge is 2.30. The predicted octanol–water partition coefficient (Wildman–Crippen LogP) is 4.21. The molecule has 1 unspecified atom stereocenters. The van der Waals surface area contributed by atoms with Gasteiger partial charge in [-0.15, -0.1) is 0 Å². The number of hydrogen-bond donors (Lipinski definition) is 1. The average Bonchev–Trinajstić information content (AvgIpc) is 3.67. The number of halogens is 3. The Balaban J connectivity index is 1.49. The highest BCUT2D eigenvalue weighted by Crippen LogP contribution is 2.34. The van der Waals surface area contributed by atoms with E-state index in [0.29, 0.717) is 6.54 Å². The van der Waals surface area contributed by atoms with Crippen LogP contribution in [0.3, 0.4) is 0 Å². The Kier molecular flexibility index (Phi) is 8.41. The van der Waals surface area contributed by atoms with E-state index in [1.54, 1.807) is 14.1 Å². The molecule has 0 saturated heterocycles. The van der Waals surface area contributed by atoms with Crippen LogP contribution in [-0.4, -0.2) is 74.5 Å². The standard InChI is InChI=1S/C27H35F3N4O2/c1-32(2)13-14-34(27(30)20-9-10-22(28)26(36-3)25(20)29)24(35)15-31-23-6-4-5-19-11-12-33(17-21(19)23)16-18-7-8-18/h4-6,9-10,18,27,31H,7-8,11-17H2,1-3H3. The minimum atomic E-state index is -2.09. The maximum Gasteiger partial charge on any atom is 0.244 e. The van der Waals surface area contributed by atoms with E-state index in [-0.39, 0.29) is 13.1 Å². The first-order chi connectivity index (χ1) is 17.3. The molecule has 1 aliphatic heterocycles. The molecule has 0 radical (unpaired) electrons. The fraction of sp³-hybridized carbons (Fsp3) is 0.519. The second-order valence-corrected chi connectivity index (χ2v) is 9.94. The first-order valence-electron chi connectivity index (χ1n) is 12.5. The topological polar surface area (TPSA) is 48.1 Å². The molecule has 6 nitrogen and oxygen atoms in total. The maximum atomic E-state index is 15.6. The maximum absolute atomic E-state index is 15.6. The van der Waals surface area contributed by atoms with E-state index in [1.807, 2.05) is 17.0 Å². The van der Waals surface area contributed by atoms with E-state index >= 15 is 4.39 Å². The number of alkyl halides is 1. The molecule has 2 aromatic rings. The number of carbonyl (C=O) groups excluding carboxylic acids is 1. The molecule has 1 heterocycles. The van der Waals surface area contributed by atoms with Crippen LogP contribution in [0.4, 0.5) is 18.9 Å². The van der Waals surface area contributed by atoms with Crippen molar-refractivity contribution in [2.45, 2.75) is 32.1 Å². The van der Waals surface area contributed by atoms with Gasteiger partial charge in [0.05, 0.1) is 13.7 Å². The Morgan fingerprint density at radius 2 is 1.97 bits per heavy atom. The molecule has 196 valence electrons. The molecule has 36 heavy (non-hydrogen) atoms. The van der Waals surface area contributed by atoms with Crippen molar-refractivity contribution in [1.82, 2.24) is 14.7 Å². The van der Waals surface area contributed by atoms with Gasteiger partial charge in [0.1, 0.15) is 0 Å². The zero-order valence-corrected chi connectivity index (χ0v) is 21.2. The van der Waals surface area contributed by atoms with E-state index in [2.05, 4.69) is 16.3 Å². The Hall–Kier alpha value is -2.78. The molecule has 4 rings (SSSR count). The second kappa shape index (κ2) is 11.5. The summed E-state index contributed by atoms with van der Waals surface area (Å²) < 4.78 is 49.0. The average molecular weight is 505 g/mol. The van der Waals surface area contributed by atoms with Crippen molar-refractivity contribution in [2.75, 3.05) is 59.2 Å². The fourth-order valence-corrected chi connectivity index (χ4v) is 4.66. The van der Waals surface area contributed by atoms with Gasteiger partial charge in [-0.2, -0.15) is 0 Å². The summed E-state index contributed by atoms with van der Waals surface area (Å²) in [6.07, 6.45) is 1.46. The van der Waals surface area contributed by atoms with Crippen LogP contribution < -0.4 is 10.1 Å². The van der Waals surface area contributed by atoms with Gasteiger partial charge in [0, 0.05) is 44.0 Å². The molecule has 0 aromatic heterocycles. The lowest BCUT2D eigenvalue weighted by molar-refractivity contribution is -0.135. The Bertz CT molecular complexity index is 1080. The van der Waals surface area contributed by atoms with Crippen LogP contribution in [0, 0.1) is 17.6 Å². The molecule has 1 N–H and O–H groups in total. The van der Waals surface area contributed by atoms with Gasteiger partial charge in [0.15, 0.2) is 17.4 Å². The van der Waals surface area contributed by atoms with Crippen LogP contribution in [0.15, 0.2) is 30.3 Å². The van der Waals surface area contributed by atoms with Gasteiger partial charge in [-0.1, -0.05) is 12.1 Å². The van der Waals surface area contributed by atoms with Crippen molar-refractivity contribution in [2.24, 2.45) is 5.92 Å². The number of rotatable bonds is 11. The van der Waals surface area contributed by atoms with Crippen molar-refractivity contribution in [3.63, 3.8) is 0 Å². The van der Waals surface area contributed by atoms with E-state index in [9.17, 15) is 13.6 Å². The third-order valence-electron chi connectivity index (χ3n) is 6.92. The highest BCUT2D eigenvalue weighted by atomic mass is 19.1. The summed E-state index contributed by atoms with van der Waals surface area (Å²) in [6, 6.07) is 7.98. The first kappa shape index (κ1) is 26.3. The summed E-state index contributed by atoms with van der Waals surface area (Å²) in [5.41, 5.74) is 2.85. The number of nitrogens with zero attached hydrogens (tertiary/aromatic N) is 3. The fourth-order valence-electron chi connectivity index (χ4n) is 4.66. The smallest absolute Gasteiger partial charge is 0.244 e. The van der Waals surface area contributed by atoms with Gasteiger partial charge in [-0.05, 0) is 68.6 Å². The van der Waals surface area contributed by atoms with E-state index in [0.717, 1.165) is 61.8 Å². The van der Waals surface area contributed by atoms with Crippen molar-refractivity contribution in [3.8, 4) is 5.75 Å². The van der Waals surface area contributed by atoms with Crippen molar-refractivity contribution in [1.29, 1.82) is 0 Å².